The van der Waals surface area contributed by atoms with E-state index in [0.29, 0.717) is 13.1 Å². The van der Waals surface area contributed by atoms with E-state index in [-0.39, 0.29) is 5.91 Å². The zero-order valence-electron chi connectivity index (χ0n) is 14.8. The fourth-order valence-corrected chi connectivity index (χ4v) is 4.27. The van der Waals surface area contributed by atoms with Gasteiger partial charge in [0, 0.05) is 24.0 Å². The molecule has 1 N–H and O–H groups in total. The number of aromatic nitrogens is 2. The predicted molar refractivity (Wildman–Crippen MR) is 104 cm³/mol. The number of carbonyl (C=O) groups is 1. The van der Waals surface area contributed by atoms with Crippen LogP contribution in [-0.4, -0.2) is 33.7 Å². The van der Waals surface area contributed by atoms with Crippen LogP contribution in [0.25, 0.3) is 0 Å². The van der Waals surface area contributed by atoms with E-state index in [1.807, 2.05) is 28.2 Å². The number of aryl methyl sites for hydroxylation is 1. The summed E-state index contributed by atoms with van der Waals surface area (Å²) in [4.78, 5) is 16.2. The second-order valence-electron chi connectivity index (χ2n) is 6.74. The van der Waals surface area contributed by atoms with Gasteiger partial charge in [-0.3, -0.25) is 9.69 Å². The molecule has 5 nitrogen and oxygen atoms in total. The summed E-state index contributed by atoms with van der Waals surface area (Å²) in [6.45, 7) is 4.92. The van der Waals surface area contributed by atoms with E-state index in [0.717, 1.165) is 25.3 Å². The first-order chi connectivity index (χ1) is 12.7. The van der Waals surface area contributed by atoms with Gasteiger partial charge in [0.1, 0.15) is 5.82 Å². The minimum Gasteiger partial charge on any atom is -0.310 e. The Labute approximate surface area is 157 Å². The Morgan fingerprint density at radius 3 is 3.12 bits per heavy atom. The highest BCUT2D eigenvalue weighted by Crippen LogP contribution is 2.23. The molecule has 0 saturated heterocycles. The minimum atomic E-state index is 0.00896. The Hall–Kier alpha value is -2.44. The number of nitrogens with zero attached hydrogens (tertiary/aromatic N) is 3. The standard InChI is InChI=1S/C20H22N4OS/c1-15-3-2-4-16(11-15)12-24-19(5-8-21-24)22-20(25)14-23-9-6-18-17(13-23)7-10-26-18/h2-5,7-8,10-11H,6,9,12-14H2,1H3,(H,22,25). The number of anilines is 1. The Kier molecular flexibility index (Phi) is 4.86. The quantitative estimate of drug-likeness (QED) is 0.754. The summed E-state index contributed by atoms with van der Waals surface area (Å²) in [5.41, 5.74) is 3.75. The van der Waals surface area contributed by atoms with E-state index in [4.69, 9.17) is 0 Å². The van der Waals surface area contributed by atoms with Crippen molar-refractivity contribution in [3.63, 3.8) is 0 Å². The molecular weight excluding hydrogens is 344 g/mol. The van der Waals surface area contributed by atoms with E-state index in [1.165, 1.54) is 21.6 Å². The lowest BCUT2D eigenvalue weighted by Gasteiger charge is -2.26. The summed E-state index contributed by atoms with van der Waals surface area (Å²) in [5.74, 6) is 0.749. The van der Waals surface area contributed by atoms with Crippen molar-refractivity contribution >= 4 is 23.1 Å². The molecule has 0 aliphatic carbocycles. The van der Waals surface area contributed by atoms with Gasteiger partial charge < -0.3 is 5.32 Å². The van der Waals surface area contributed by atoms with Crippen LogP contribution in [0, 0.1) is 6.92 Å². The van der Waals surface area contributed by atoms with Gasteiger partial charge in [0.2, 0.25) is 5.91 Å². The van der Waals surface area contributed by atoms with Crippen molar-refractivity contribution in [3.05, 3.63) is 69.5 Å². The lowest BCUT2D eigenvalue weighted by Crippen LogP contribution is -2.36. The van der Waals surface area contributed by atoms with Crippen molar-refractivity contribution in [2.45, 2.75) is 26.4 Å². The Bertz CT molecular complexity index is 914. The topological polar surface area (TPSA) is 50.2 Å². The number of benzene rings is 1. The van der Waals surface area contributed by atoms with Crippen LogP contribution in [-0.2, 0) is 24.3 Å². The van der Waals surface area contributed by atoms with E-state index in [9.17, 15) is 4.79 Å². The summed E-state index contributed by atoms with van der Waals surface area (Å²) in [5, 5.41) is 9.50. The molecule has 26 heavy (non-hydrogen) atoms. The first kappa shape index (κ1) is 17.0. The second kappa shape index (κ2) is 7.43. The van der Waals surface area contributed by atoms with Gasteiger partial charge in [-0.25, -0.2) is 4.68 Å². The van der Waals surface area contributed by atoms with Gasteiger partial charge in [0.15, 0.2) is 0 Å². The molecule has 1 aliphatic heterocycles. The van der Waals surface area contributed by atoms with Crippen molar-refractivity contribution in [3.8, 4) is 0 Å². The lowest BCUT2D eigenvalue weighted by atomic mass is 10.1. The van der Waals surface area contributed by atoms with Gasteiger partial charge in [-0.2, -0.15) is 5.10 Å². The SMILES string of the molecule is Cc1cccc(Cn2nccc2NC(=O)CN2CCc3sccc3C2)c1. The second-order valence-corrected chi connectivity index (χ2v) is 7.74. The number of rotatable bonds is 5. The molecular formula is C20H22N4OS. The molecule has 6 heteroatoms. The maximum absolute atomic E-state index is 12.5. The fraction of sp³-hybridized carbons (Fsp3) is 0.300. The van der Waals surface area contributed by atoms with Crippen molar-refractivity contribution in [1.29, 1.82) is 0 Å². The first-order valence-corrected chi connectivity index (χ1v) is 9.70. The number of nitrogens with one attached hydrogen (secondary N) is 1. The molecule has 0 atom stereocenters. The van der Waals surface area contributed by atoms with Gasteiger partial charge in [-0.1, -0.05) is 29.8 Å². The van der Waals surface area contributed by atoms with Gasteiger partial charge in [-0.05, 0) is 35.9 Å². The van der Waals surface area contributed by atoms with Crippen molar-refractivity contribution in [1.82, 2.24) is 14.7 Å². The smallest absolute Gasteiger partial charge is 0.239 e. The van der Waals surface area contributed by atoms with Gasteiger partial charge in [-0.15, -0.1) is 11.3 Å². The zero-order chi connectivity index (χ0) is 17.9. The van der Waals surface area contributed by atoms with Crippen LogP contribution in [0.5, 0.6) is 0 Å². The molecule has 0 bridgehead atoms. The van der Waals surface area contributed by atoms with Gasteiger partial charge in [0.25, 0.3) is 0 Å². The van der Waals surface area contributed by atoms with Crippen LogP contribution in [0.15, 0.2) is 48.0 Å². The highest BCUT2D eigenvalue weighted by Gasteiger charge is 2.19. The normalized spacial score (nSPS) is 14.2. The number of hydrogen-bond acceptors (Lipinski definition) is 4. The molecule has 134 valence electrons. The third kappa shape index (κ3) is 3.86. The Balaban J connectivity index is 1.37. The molecule has 0 saturated carbocycles. The van der Waals surface area contributed by atoms with E-state index >= 15 is 0 Å². The monoisotopic (exact) mass is 366 g/mol. The molecule has 0 fully saturated rings. The molecule has 1 aliphatic rings. The highest BCUT2D eigenvalue weighted by atomic mass is 32.1. The molecule has 0 spiro atoms. The fourth-order valence-electron chi connectivity index (χ4n) is 3.38. The number of thiophene rings is 1. The van der Waals surface area contributed by atoms with Crippen molar-refractivity contribution in [2.75, 3.05) is 18.4 Å². The van der Waals surface area contributed by atoms with Crippen LogP contribution in [0.3, 0.4) is 0 Å². The van der Waals surface area contributed by atoms with E-state index in [2.05, 4.69) is 51.9 Å². The predicted octanol–water partition coefficient (Wildman–Crippen LogP) is 3.30. The minimum absolute atomic E-state index is 0.00896. The number of amides is 1. The zero-order valence-corrected chi connectivity index (χ0v) is 15.6. The van der Waals surface area contributed by atoms with Crippen molar-refractivity contribution < 1.29 is 4.79 Å². The molecule has 3 aromatic rings. The lowest BCUT2D eigenvalue weighted by molar-refractivity contribution is -0.117. The van der Waals surface area contributed by atoms with Gasteiger partial charge >= 0.3 is 0 Å². The maximum Gasteiger partial charge on any atom is 0.239 e. The van der Waals surface area contributed by atoms with Crippen LogP contribution in [0.1, 0.15) is 21.6 Å². The number of fused-ring (bicyclic) bond motifs is 1. The summed E-state index contributed by atoms with van der Waals surface area (Å²) in [6.07, 6.45) is 2.76. The summed E-state index contributed by atoms with van der Waals surface area (Å²) in [6, 6.07) is 12.3. The van der Waals surface area contributed by atoms with E-state index in [1.54, 1.807) is 6.20 Å². The average Bonchev–Trinajstić information content (AvgIpc) is 3.24. The molecule has 1 aromatic carbocycles. The first-order valence-electron chi connectivity index (χ1n) is 8.82. The largest absolute Gasteiger partial charge is 0.310 e. The highest BCUT2D eigenvalue weighted by molar-refractivity contribution is 7.10. The van der Waals surface area contributed by atoms with Crippen LogP contribution >= 0.6 is 11.3 Å². The molecule has 1 amide bonds. The van der Waals surface area contributed by atoms with Gasteiger partial charge in [0.05, 0.1) is 19.3 Å². The molecule has 0 radical (unpaired) electrons. The molecule has 3 heterocycles. The number of carbonyl (C=O) groups excluding carboxylic acids is 1. The van der Waals surface area contributed by atoms with Crippen LogP contribution < -0.4 is 5.32 Å². The van der Waals surface area contributed by atoms with Crippen LogP contribution in [0.4, 0.5) is 5.82 Å². The molecule has 2 aromatic heterocycles. The van der Waals surface area contributed by atoms with Crippen LogP contribution in [0.2, 0.25) is 0 Å². The summed E-state index contributed by atoms with van der Waals surface area (Å²) in [7, 11) is 0. The van der Waals surface area contributed by atoms with E-state index < -0.39 is 0 Å². The Morgan fingerprint density at radius 2 is 2.23 bits per heavy atom. The summed E-state index contributed by atoms with van der Waals surface area (Å²) < 4.78 is 1.83. The van der Waals surface area contributed by atoms with Crippen molar-refractivity contribution in [2.24, 2.45) is 0 Å². The third-order valence-electron chi connectivity index (χ3n) is 4.65. The summed E-state index contributed by atoms with van der Waals surface area (Å²) >= 11 is 1.82. The molecule has 4 rings (SSSR count). The average molecular weight is 366 g/mol. The third-order valence-corrected chi connectivity index (χ3v) is 5.68. The Morgan fingerprint density at radius 1 is 1.31 bits per heavy atom. The maximum atomic E-state index is 12.5. The molecule has 0 unspecified atom stereocenters. The number of hydrogen-bond donors (Lipinski definition) is 1.